The predicted octanol–water partition coefficient (Wildman–Crippen LogP) is 2.35. The molecule has 3 N–H and O–H groups in total. The molecule has 2 aromatic rings. The summed E-state index contributed by atoms with van der Waals surface area (Å²) >= 11 is 0. The molecule has 0 bridgehead atoms. The summed E-state index contributed by atoms with van der Waals surface area (Å²) < 4.78 is 0. The Kier molecular flexibility index (Phi) is 4.70. The lowest BCUT2D eigenvalue weighted by Crippen LogP contribution is -2.22. The summed E-state index contributed by atoms with van der Waals surface area (Å²) in [7, 11) is 1.94. The second kappa shape index (κ2) is 6.71. The van der Waals surface area contributed by atoms with E-state index in [1.807, 2.05) is 55.6 Å². The minimum atomic E-state index is 0.184. The van der Waals surface area contributed by atoms with E-state index in [0.717, 1.165) is 5.56 Å². The molecule has 0 aliphatic carbocycles. The molecule has 0 heterocycles. The molecule has 0 aliphatic heterocycles. The smallest absolute Gasteiger partial charge is 0.125 e. The molecule has 2 rings (SSSR count). The first-order valence-electron chi connectivity index (χ1n) is 6.39. The molecule has 0 aromatic heterocycles. The van der Waals surface area contributed by atoms with Crippen LogP contribution in [0.2, 0.25) is 0 Å². The van der Waals surface area contributed by atoms with Crippen LogP contribution >= 0.6 is 0 Å². The van der Waals surface area contributed by atoms with Gasteiger partial charge in [0.2, 0.25) is 0 Å². The van der Waals surface area contributed by atoms with Gasteiger partial charge in [-0.15, -0.1) is 0 Å². The number of amidine groups is 1. The average Bonchev–Trinajstić information content (AvgIpc) is 2.49. The summed E-state index contributed by atoms with van der Waals surface area (Å²) in [6.07, 6.45) is 0. The van der Waals surface area contributed by atoms with Crippen molar-refractivity contribution in [1.29, 1.82) is 0 Å². The Morgan fingerprint density at radius 2 is 1.63 bits per heavy atom. The van der Waals surface area contributed by atoms with E-state index in [2.05, 4.69) is 22.4 Å². The molecule has 3 heteroatoms. The summed E-state index contributed by atoms with van der Waals surface area (Å²) in [5.74, 6) is 0.580. The zero-order valence-electron chi connectivity index (χ0n) is 11.1. The Labute approximate surface area is 114 Å². The monoisotopic (exact) mass is 253 g/mol. The first-order chi connectivity index (χ1) is 9.31. The van der Waals surface area contributed by atoms with Crippen LogP contribution in [-0.4, -0.2) is 19.4 Å². The highest BCUT2D eigenvalue weighted by Gasteiger charge is 2.07. The van der Waals surface area contributed by atoms with Gasteiger partial charge in [0, 0.05) is 5.56 Å². The quantitative estimate of drug-likeness (QED) is 0.635. The third-order valence-corrected chi connectivity index (χ3v) is 3.06. The maximum absolute atomic E-state index is 6.00. The molecule has 2 aromatic carbocycles. The summed E-state index contributed by atoms with van der Waals surface area (Å²) in [6.45, 7) is 0.626. The van der Waals surface area contributed by atoms with Crippen LogP contribution in [0.3, 0.4) is 0 Å². The number of hydrogen-bond donors (Lipinski definition) is 2. The van der Waals surface area contributed by atoms with Gasteiger partial charge in [0.1, 0.15) is 5.84 Å². The number of benzene rings is 2. The number of hydrogen-bond acceptors (Lipinski definition) is 2. The molecule has 0 saturated carbocycles. The van der Waals surface area contributed by atoms with Crippen LogP contribution in [-0.2, 0) is 0 Å². The van der Waals surface area contributed by atoms with E-state index in [0.29, 0.717) is 12.4 Å². The summed E-state index contributed by atoms with van der Waals surface area (Å²) in [4.78, 5) is 4.47. The lowest BCUT2D eigenvalue weighted by Gasteiger charge is -2.14. The molecule has 0 saturated heterocycles. The standard InChI is InChI=1S/C16H19N3/c1-18-15(13-8-4-2-5-9-13)12-19-16(17)14-10-6-3-7-11-14/h2-11,15,18H,12H2,1H3,(H2,17,19). The Morgan fingerprint density at radius 3 is 2.21 bits per heavy atom. The fourth-order valence-corrected chi connectivity index (χ4v) is 1.94. The van der Waals surface area contributed by atoms with Crippen LogP contribution < -0.4 is 11.1 Å². The molecule has 0 radical (unpaired) electrons. The third kappa shape index (κ3) is 3.66. The molecule has 98 valence electrons. The van der Waals surface area contributed by atoms with Gasteiger partial charge in [-0.25, -0.2) is 0 Å². The number of nitrogens with one attached hydrogen (secondary N) is 1. The van der Waals surface area contributed by atoms with E-state index in [-0.39, 0.29) is 6.04 Å². The first-order valence-corrected chi connectivity index (χ1v) is 6.39. The van der Waals surface area contributed by atoms with E-state index in [1.54, 1.807) is 0 Å². The molecule has 0 aliphatic rings. The highest BCUT2D eigenvalue weighted by Crippen LogP contribution is 2.12. The summed E-state index contributed by atoms with van der Waals surface area (Å²) in [5.41, 5.74) is 8.18. The molecule has 1 unspecified atom stereocenters. The van der Waals surface area contributed by atoms with E-state index in [1.165, 1.54) is 5.56 Å². The predicted molar refractivity (Wildman–Crippen MR) is 80.3 cm³/mol. The maximum atomic E-state index is 6.00. The van der Waals surface area contributed by atoms with E-state index >= 15 is 0 Å². The van der Waals surface area contributed by atoms with Gasteiger partial charge >= 0.3 is 0 Å². The van der Waals surface area contributed by atoms with Crippen molar-refractivity contribution < 1.29 is 0 Å². The minimum absolute atomic E-state index is 0.184. The Balaban J connectivity index is 2.08. The lowest BCUT2D eigenvalue weighted by molar-refractivity contribution is 0.606. The van der Waals surface area contributed by atoms with Gasteiger partial charge < -0.3 is 11.1 Å². The van der Waals surface area contributed by atoms with Crippen molar-refractivity contribution in [2.45, 2.75) is 6.04 Å². The number of nitrogens with zero attached hydrogens (tertiary/aromatic N) is 1. The van der Waals surface area contributed by atoms with Crippen molar-refractivity contribution in [3.63, 3.8) is 0 Å². The minimum Gasteiger partial charge on any atom is -0.384 e. The Morgan fingerprint density at radius 1 is 1.05 bits per heavy atom. The van der Waals surface area contributed by atoms with Crippen molar-refractivity contribution >= 4 is 5.84 Å². The largest absolute Gasteiger partial charge is 0.384 e. The fraction of sp³-hybridized carbons (Fsp3) is 0.188. The second-order valence-corrected chi connectivity index (χ2v) is 4.34. The second-order valence-electron chi connectivity index (χ2n) is 4.34. The Bertz CT molecular complexity index is 520. The molecule has 19 heavy (non-hydrogen) atoms. The van der Waals surface area contributed by atoms with E-state index < -0.39 is 0 Å². The third-order valence-electron chi connectivity index (χ3n) is 3.06. The Hall–Kier alpha value is -2.13. The fourth-order valence-electron chi connectivity index (χ4n) is 1.94. The maximum Gasteiger partial charge on any atom is 0.125 e. The molecule has 0 amide bonds. The van der Waals surface area contributed by atoms with Gasteiger partial charge in [-0.05, 0) is 12.6 Å². The number of likely N-dealkylation sites (N-methyl/N-ethyl adjacent to an activating group) is 1. The van der Waals surface area contributed by atoms with Crippen molar-refractivity contribution in [1.82, 2.24) is 5.32 Å². The average molecular weight is 253 g/mol. The number of aliphatic imine (C=N–C) groups is 1. The SMILES string of the molecule is CNC(CN=C(N)c1ccccc1)c1ccccc1. The zero-order valence-corrected chi connectivity index (χ0v) is 11.1. The van der Waals surface area contributed by atoms with Crippen LogP contribution in [0.15, 0.2) is 65.7 Å². The molecular formula is C16H19N3. The van der Waals surface area contributed by atoms with Gasteiger partial charge in [-0.3, -0.25) is 4.99 Å². The number of rotatable bonds is 5. The van der Waals surface area contributed by atoms with Gasteiger partial charge in [-0.1, -0.05) is 60.7 Å². The highest BCUT2D eigenvalue weighted by atomic mass is 14.9. The zero-order chi connectivity index (χ0) is 13.5. The van der Waals surface area contributed by atoms with Crippen LogP contribution in [0.1, 0.15) is 17.2 Å². The van der Waals surface area contributed by atoms with E-state index in [9.17, 15) is 0 Å². The first kappa shape index (κ1) is 13.3. The van der Waals surface area contributed by atoms with Crippen LogP contribution in [0, 0.1) is 0 Å². The van der Waals surface area contributed by atoms with Crippen molar-refractivity contribution in [3.05, 3.63) is 71.8 Å². The van der Waals surface area contributed by atoms with Crippen molar-refractivity contribution in [2.75, 3.05) is 13.6 Å². The molecule has 0 fully saturated rings. The molecular weight excluding hydrogens is 234 g/mol. The molecule has 0 spiro atoms. The summed E-state index contributed by atoms with van der Waals surface area (Å²) in [5, 5.41) is 3.26. The van der Waals surface area contributed by atoms with Gasteiger partial charge in [-0.2, -0.15) is 0 Å². The number of nitrogens with two attached hydrogens (primary N) is 1. The van der Waals surface area contributed by atoms with E-state index in [4.69, 9.17) is 5.73 Å². The van der Waals surface area contributed by atoms with Crippen LogP contribution in [0.5, 0.6) is 0 Å². The van der Waals surface area contributed by atoms with Crippen LogP contribution in [0.25, 0.3) is 0 Å². The topological polar surface area (TPSA) is 50.4 Å². The van der Waals surface area contributed by atoms with Crippen molar-refractivity contribution in [3.8, 4) is 0 Å². The molecule has 1 atom stereocenters. The van der Waals surface area contributed by atoms with Gasteiger partial charge in [0.25, 0.3) is 0 Å². The lowest BCUT2D eigenvalue weighted by atomic mass is 10.1. The highest BCUT2D eigenvalue weighted by molar-refractivity contribution is 5.97. The van der Waals surface area contributed by atoms with Crippen LogP contribution in [0.4, 0.5) is 0 Å². The molecule has 3 nitrogen and oxygen atoms in total. The van der Waals surface area contributed by atoms with Crippen molar-refractivity contribution in [2.24, 2.45) is 10.7 Å². The summed E-state index contributed by atoms with van der Waals surface area (Å²) in [6, 6.07) is 20.3. The van der Waals surface area contributed by atoms with Gasteiger partial charge in [0.15, 0.2) is 0 Å². The van der Waals surface area contributed by atoms with Gasteiger partial charge in [0.05, 0.1) is 12.6 Å². The normalized spacial score (nSPS) is 13.2.